The number of rotatable bonds is 36. The standard InChI is InChI=1S/C39H75ClO4/c1-3-5-7-9-11-13-15-17-19-21-23-25-27-29-31-33-38(41)43-36-37(35-40)44-39(42)34-32-30-28-26-24-22-20-18-16-14-12-10-8-6-4-2/h37H,3-36H2,1-2H3. The number of hydrogen-bond acceptors (Lipinski definition) is 4. The first-order chi connectivity index (χ1) is 21.6. The largest absolute Gasteiger partial charge is 0.462 e. The second kappa shape index (κ2) is 36.7. The highest BCUT2D eigenvalue weighted by molar-refractivity contribution is 6.18. The van der Waals surface area contributed by atoms with E-state index in [2.05, 4.69) is 13.8 Å². The zero-order valence-corrected chi connectivity index (χ0v) is 30.4. The molecule has 0 saturated carbocycles. The molecule has 5 heteroatoms. The van der Waals surface area contributed by atoms with E-state index < -0.39 is 6.10 Å². The Kier molecular flexibility index (Phi) is 36.1. The third-order valence-corrected chi connectivity index (χ3v) is 9.21. The molecule has 0 radical (unpaired) electrons. The van der Waals surface area contributed by atoms with E-state index in [0.29, 0.717) is 12.8 Å². The minimum absolute atomic E-state index is 0.0612. The van der Waals surface area contributed by atoms with Gasteiger partial charge in [0, 0.05) is 12.8 Å². The Morgan fingerprint density at radius 3 is 1.00 bits per heavy atom. The van der Waals surface area contributed by atoms with Crippen LogP contribution < -0.4 is 0 Å². The molecular weight excluding hydrogens is 568 g/mol. The molecule has 4 nitrogen and oxygen atoms in total. The van der Waals surface area contributed by atoms with Crippen molar-refractivity contribution in [3.05, 3.63) is 0 Å². The molecule has 0 aliphatic heterocycles. The summed E-state index contributed by atoms with van der Waals surface area (Å²) >= 11 is 5.97. The molecule has 0 heterocycles. The molecule has 0 rings (SSSR count). The average molecular weight is 643 g/mol. The van der Waals surface area contributed by atoms with Crippen LogP contribution in [0.2, 0.25) is 0 Å². The number of hydrogen-bond donors (Lipinski definition) is 0. The Balaban J connectivity index is 3.49. The van der Waals surface area contributed by atoms with Gasteiger partial charge < -0.3 is 9.47 Å². The van der Waals surface area contributed by atoms with E-state index in [1.807, 2.05) is 0 Å². The molecule has 262 valence electrons. The predicted octanol–water partition coefficient (Wildman–Crippen LogP) is 13.2. The van der Waals surface area contributed by atoms with Gasteiger partial charge in [0.05, 0.1) is 5.88 Å². The molecule has 0 bridgehead atoms. The number of carbonyl (C=O) groups excluding carboxylic acids is 2. The van der Waals surface area contributed by atoms with Crippen LogP contribution >= 0.6 is 11.6 Å². The zero-order chi connectivity index (χ0) is 32.2. The number of esters is 2. The maximum Gasteiger partial charge on any atom is 0.306 e. The first kappa shape index (κ1) is 43.2. The molecule has 0 aliphatic carbocycles. The molecule has 1 atom stereocenters. The molecule has 0 aliphatic rings. The Morgan fingerprint density at radius 1 is 0.432 bits per heavy atom. The number of halogens is 1. The average Bonchev–Trinajstić information content (AvgIpc) is 3.02. The van der Waals surface area contributed by atoms with Gasteiger partial charge in [-0.2, -0.15) is 0 Å². The fourth-order valence-corrected chi connectivity index (χ4v) is 6.05. The predicted molar refractivity (Wildman–Crippen MR) is 191 cm³/mol. The third-order valence-electron chi connectivity index (χ3n) is 8.87. The summed E-state index contributed by atoms with van der Waals surface area (Å²) in [6.45, 7) is 4.61. The lowest BCUT2D eigenvalue weighted by Crippen LogP contribution is -2.26. The van der Waals surface area contributed by atoms with Crippen molar-refractivity contribution in [2.75, 3.05) is 12.5 Å². The van der Waals surface area contributed by atoms with Crippen LogP contribution in [0.1, 0.15) is 219 Å². The van der Waals surface area contributed by atoms with Crippen molar-refractivity contribution in [1.82, 2.24) is 0 Å². The van der Waals surface area contributed by atoms with E-state index in [-0.39, 0.29) is 24.4 Å². The molecule has 0 N–H and O–H groups in total. The summed E-state index contributed by atoms with van der Waals surface area (Å²) in [6, 6.07) is 0. The lowest BCUT2D eigenvalue weighted by atomic mass is 10.0. The molecule has 0 amide bonds. The van der Waals surface area contributed by atoms with Crippen LogP contribution in [0.4, 0.5) is 0 Å². The van der Waals surface area contributed by atoms with Crippen LogP contribution in [0.3, 0.4) is 0 Å². The molecule has 0 saturated heterocycles. The van der Waals surface area contributed by atoms with Gasteiger partial charge in [-0.25, -0.2) is 0 Å². The van der Waals surface area contributed by atoms with Crippen LogP contribution in [0, 0.1) is 0 Å². The Hall–Kier alpha value is -0.770. The molecule has 0 aromatic carbocycles. The van der Waals surface area contributed by atoms with Crippen molar-refractivity contribution >= 4 is 23.5 Å². The number of ether oxygens (including phenoxy) is 2. The summed E-state index contributed by atoms with van der Waals surface area (Å²) < 4.78 is 10.8. The lowest BCUT2D eigenvalue weighted by Gasteiger charge is -2.15. The minimum Gasteiger partial charge on any atom is -0.462 e. The Bertz CT molecular complexity index is 597. The molecular formula is C39H75ClO4. The van der Waals surface area contributed by atoms with Gasteiger partial charge in [0.1, 0.15) is 12.7 Å². The third kappa shape index (κ3) is 34.1. The van der Waals surface area contributed by atoms with Crippen molar-refractivity contribution < 1.29 is 19.1 Å². The highest BCUT2D eigenvalue weighted by Gasteiger charge is 2.16. The maximum atomic E-state index is 12.2. The van der Waals surface area contributed by atoms with Crippen LogP contribution in [0.5, 0.6) is 0 Å². The number of unbranched alkanes of at least 4 members (excludes halogenated alkanes) is 28. The van der Waals surface area contributed by atoms with Gasteiger partial charge in [-0.05, 0) is 12.8 Å². The summed E-state index contributed by atoms with van der Waals surface area (Å²) in [6.07, 6.45) is 39.4. The minimum atomic E-state index is -0.550. The number of alkyl halides is 1. The first-order valence-corrected chi connectivity index (χ1v) is 20.1. The quantitative estimate of drug-likeness (QED) is 0.0387. The van der Waals surface area contributed by atoms with Gasteiger partial charge in [-0.3, -0.25) is 9.59 Å². The number of carbonyl (C=O) groups is 2. The molecule has 0 fully saturated rings. The van der Waals surface area contributed by atoms with Crippen molar-refractivity contribution in [2.45, 2.75) is 225 Å². The monoisotopic (exact) mass is 643 g/mol. The molecule has 1 unspecified atom stereocenters. The second-order valence-electron chi connectivity index (χ2n) is 13.3. The molecule has 0 aromatic rings. The van der Waals surface area contributed by atoms with Crippen molar-refractivity contribution in [1.29, 1.82) is 0 Å². The molecule has 0 spiro atoms. The van der Waals surface area contributed by atoms with E-state index in [0.717, 1.165) is 25.7 Å². The summed E-state index contributed by atoms with van der Waals surface area (Å²) in [4.78, 5) is 24.3. The van der Waals surface area contributed by atoms with Crippen LogP contribution in [-0.2, 0) is 19.1 Å². The van der Waals surface area contributed by atoms with Crippen LogP contribution in [-0.4, -0.2) is 30.5 Å². The van der Waals surface area contributed by atoms with Crippen molar-refractivity contribution in [3.8, 4) is 0 Å². The van der Waals surface area contributed by atoms with E-state index >= 15 is 0 Å². The van der Waals surface area contributed by atoms with Gasteiger partial charge in [-0.15, -0.1) is 11.6 Å². The van der Waals surface area contributed by atoms with Gasteiger partial charge in [-0.1, -0.05) is 194 Å². The van der Waals surface area contributed by atoms with Crippen LogP contribution in [0.15, 0.2) is 0 Å². The van der Waals surface area contributed by atoms with Gasteiger partial charge in [0.25, 0.3) is 0 Å². The Morgan fingerprint density at radius 2 is 0.705 bits per heavy atom. The van der Waals surface area contributed by atoms with Crippen molar-refractivity contribution in [3.63, 3.8) is 0 Å². The SMILES string of the molecule is CCCCCCCCCCCCCCCCCC(=O)OCC(CCl)OC(=O)CCCCCCCCCCCCCCCCC. The smallest absolute Gasteiger partial charge is 0.306 e. The normalized spacial score (nSPS) is 12.0. The highest BCUT2D eigenvalue weighted by atomic mass is 35.5. The van der Waals surface area contributed by atoms with E-state index in [1.165, 1.54) is 167 Å². The summed E-state index contributed by atoms with van der Waals surface area (Å²) in [5, 5.41) is 0. The van der Waals surface area contributed by atoms with Gasteiger partial charge in [0.15, 0.2) is 0 Å². The molecule has 0 aromatic heterocycles. The fourth-order valence-electron chi connectivity index (χ4n) is 5.89. The summed E-state index contributed by atoms with van der Waals surface area (Å²) in [5.74, 6) is -0.298. The second-order valence-corrected chi connectivity index (χ2v) is 13.7. The Labute approximate surface area is 279 Å². The van der Waals surface area contributed by atoms with Crippen LogP contribution in [0.25, 0.3) is 0 Å². The highest BCUT2D eigenvalue weighted by Crippen LogP contribution is 2.16. The van der Waals surface area contributed by atoms with Gasteiger partial charge >= 0.3 is 11.9 Å². The summed E-state index contributed by atoms with van der Waals surface area (Å²) in [5.41, 5.74) is 0. The van der Waals surface area contributed by atoms with Crippen molar-refractivity contribution in [2.24, 2.45) is 0 Å². The molecule has 44 heavy (non-hydrogen) atoms. The van der Waals surface area contributed by atoms with Gasteiger partial charge in [0.2, 0.25) is 0 Å². The summed E-state index contributed by atoms with van der Waals surface area (Å²) in [7, 11) is 0. The zero-order valence-electron chi connectivity index (χ0n) is 29.6. The first-order valence-electron chi connectivity index (χ1n) is 19.5. The fraction of sp³-hybridized carbons (Fsp3) is 0.949. The maximum absolute atomic E-state index is 12.2. The van der Waals surface area contributed by atoms with E-state index in [1.54, 1.807) is 0 Å². The van der Waals surface area contributed by atoms with E-state index in [4.69, 9.17) is 21.1 Å². The topological polar surface area (TPSA) is 52.6 Å². The lowest BCUT2D eigenvalue weighted by molar-refractivity contribution is -0.157. The van der Waals surface area contributed by atoms with E-state index in [9.17, 15) is 9.59 Å².